The van der Waals surface area contributed by atoms with Gasteiger partial charge in [-0.15, -0.1) is 0 Å². The number of ether oxygens (including phenoxy) is 2. The smallest absolute Gasteiger partial charge is 0.410 e. The molecule has 0 atom stereocenters. The summed E-state index contributed by atoms with van der Waals surface area (Å²) in [5.41, 5.74) is 1.09. The minimum Gasteiger partial charge on any atom is -0.410 e. The summed E-state index contributed by atoms with van der Waals surface area (Å²) in [7, 11) is 1.74. The highest BCUT2D eigenvalue weighted by atomic mass is 16.6. The number of anilines is 2. The van der Waals surface area contributed by atoms with E-state index in [4.69, 9.17) is 9.47 Å². The van der Waals surface area contributed by atoms with Crippen LogP contribution >= 0.6 is 0 Å². The second-order valence-corrected chi connectivity index (χ2v) is 6.41. The highest BCUT2D eigenvalue weighted by Crippen LogP contribution is 2.26. The van der Waals surface area contributed by atoms with Crippen molar-refractivity contribution in [3.05, 3.63) is 48.2 Å². The Kier molecular flexibility index (Phi) is 6.23. The van der Waals surface area contributed by atoms with Crippen LogP contribution in [0.25, 0.3) is 0 Å². The molecular formula is C20H22N4O3. The molecule has 7 heteroatoms. The first-order chi connectivity index (χ1) is 13.2. The summed E-state index contributed by atoms with van der Waals surface area (Å²) in [6, 6.07) is 12.8. The van der Waals surface area contributed by atoms with Gasteiger partial charge in [0, 0.05) is 25.4 Å². The van der Waals surface area contributed by atoms with Gasteiger partial charge in [0.2, 0.25) is 0 Å². The van der Waals surface area contributed by atoms with E-state index >= 15 is 0 Å². The van der Waals surface area contributed by atoms with Gasteiger partial charge in [0.1, 0.15) is 17.6 Å². The molecule has 1 aromatic heterocycles. The topological polar surface area (TPSA) is 96.3 Å². The molecule has 0 bridgehead atoms. The van der Waals surface area contributed by atoms with Crippen LogP contribution in [-0.4, -0.2) is 30.3 Å². The van der Waals surface area contributed by atoms with Gasteiger partial charge in [0.25, 0.3) is 0 Å². The Morgan fingerprint density at radius 3 is 2.63 bits per heavy atom. The van der Waals surface area contributed by atoms with Crippen molar-refractivity contribution in [1.29, 1.82) is 5.26 Å². The molecule has 0 unspecified atom stereocenters. The summed E-state index contributed by atoms with van der Waals surface area (Å²) in [5, 5.41) is 15.3. The molecule has 1 fully saturated rings. The van der Waals surface area contributed by atoms with Gasteiger partial charge in [0.05, 0.1) is 17.4 Å². The number of pyridine rings is 1. The summed E-state index contributed by atoms with van der Waals surface area (Å²) in [4.78, 5) is 16.1. The summed E-state index contributed by atoms with van der Waals surface area (Å²) >= 11 is 0. The van der Waals surface area contributed by atoms with Gasteiger partial charge in [-0.3, -0.25) is 5.32 Å². The van der Waals surface area contributed by atoms with E-state index in [9.17, 15) is 10.1 Å². The van der Waals surface area contributed by atoms with Crippen molar-refractivity contribution in [2.75, 3.05) is 17.7 Å². The number of methoxy groups -OCH3 is 1. The van der Waals surface area contributed by atoms with Gasteiger partial charge in [-0.1, -0.05) is 18.2 Å². The Labute approximate surface area is 158 Å². The van der Waals surface area contributed by atoms with E-state index in [2.05, 4.69) is 21.7 Å². The number of rotatable bonds is 5. The fraction of sp³-hybridized carbons (Fsp3) is 0.350. The fourth-order valence-corrected chi connectivity index (χ4v) is 3.12. The average molecular weight is 366 g/mol. The van der Waals surface area contributed by atoms with E-state index in [0.717, 1.165) is 25.7 Å². The molecule has 2 aromatic rings. The average Bonchev–Trinajstić information content (AvgIpc) is 2.69. The van der Waals surface area contributed by atoms with Crippen LogP contribution in [0.1, 0.15) is 31.2 Å². The molecule has 1 aromatic carbocycles. The first-order valence-electron chi connectivity index (χ1n) is 8.91. The van der Waals surface area contributed by atoms with E-state index in [1.165, 1.54) is 6.20 Å². The molecule has 0 spiro atoms. The molecular weight excluding hydrogens is 344 g/mol. The summed E-state index contributed by atoms with van der Waals surface area (Å²) < 4.78 is 10.6. The summed E-state index contributed by atoms with van der Waals surface area (Å²) in [6.45, 7) is 0. The number of para-hydroxylation sites is 1. The number of nitriles is 1. The third-order valence-electron chi connectivity index (χ3n) is 4.58. The molecule has 0 radical (unpaired) electrons. The lowest BCUT2D eigenvalue weighted by Gasteiger charge is -2.29. The number of nitrogens with one attached hydrogen (secondary N) is 2. The standard InChI is InChI=1S/C20H22N4O3/c1-26-16-9-7-15(8-10-16)23-18-11-19(22-13-14(18)12-21)24-20(25)27-17-5-3-2-4-6-17/h2-6,11,13,15-16H,7-10H2,1H3,(H2,22,23,24,25). The van der Waals surface area contributed by atoms with Crippen LogP contribution < -0.4 is 15.4 Å². The predicted octanol–water partition coefficient (Wildman–Crippen LogP) is 3.93. The number of benzene rings is 1. The van der Waals surface area contributed by atoms with Gasteiger partial charge in [-0.05, 0) is 37.8 Å². The highest BCUT2D eigenvalue weighted by Gasteiger charge is 2.21. The quantitative estimate of drug-likeness (QED) is 0.832. The predicted molar refractivity (Wildman–Crippen MR) is 102 cm³/mol. The number of aromatic nitrogens is 1. The molecule has 3 rings (SSSR count). The third-order valence-corrected chi connectivity index (χ3v) is 4.58. The fourth-order valence-electron chi connectivity index (χ4n) is 3.12. The minimum atomic E-state index is -0.634. The van der Waals surface area contributed by atoms with Crippen molar-refractivity contribution < 1.29 is 14.3 Å². The van der Waals surface area contributed by atoms with E-state index < -0.39 is 6.09 Å². The normalized spacial score (nSPS) is 19.0. The number of hydrogen-bond acceptors (Lipinski definition) is 6. The SMILES string of the molecule is COC1CCC(Nc2cc(NC(=O)Oc3ccccc3)ncc2C#N)CC1. The first-order valence-corrected chi connectivity index (χ1v) is 8.91. The molecule has 27 heavy (non-hydrogen) atoms. The van der Waals surface area contributed by atoms with Crippen molar-refractivity contribution in [3.63, 3.8) is 0 Å². The largest absolute Gasteiger partial charge is 0.418 e. The molecule has 1 aliphatic rings. The molecule has 1 amide bonds. The zero-order valence-electron chi connectivity index (χ0n) is 15.1. The van der Waals surface area contributed by atoms with Crippen LogP contribution in [-0.2, 0) is 4.74 Å². The van der Waals surface area contributed by atoms with Gasteiger partial charge in [-0.2, -0.15) is 5.26 Å². The highest BCUT2D eigenvalue weighted by molar-refractivity contribution is 5.86. The van der Waals surface area contributed by atoms with Crippen LogP contribution in [0.4, 0.5) is 16.3 Å². The Morgan fingerprint density at radius 2 is 1.96 bits per heavy atom. The Bertz CT molecular complexity index is 812. The maximum atomic E-state index is 12.0. The summed E-state index contributed by atoms with van der Waals surface area (Å²) in [6.07, 6.45) is 5.01. The molecule has 7 nitrogen and oxygen atoms in total. The number of hydrogen-bond donors (Lipinski definition) is 2. The number of carbonyl (C=O) groups is 1. The van der Waals surface area contributed by atoms with Crippen molar-refractivity contribution in [2.45, 2.75) is 37.8 Å². The van der Waals surface area contributed by atoms with Crippen molar-refractivity contribution in [2.24, 2.45) is 0 Å². The van der Waals surface area contributed by atoms with Gasteiger partial charge in [0.15, 0.2) is 0 Å². The number of nitrogens with zero attached hydrogens (tertiary/aromatic N) is 2. The molecule has 140 valence electrons. The monoisotopic (exact) mass is 366 g/mol. The van der Waals surface area contributed by atoms with Crippen LogP contribution in [0.2, 0.25) is 0 Å². The number of amides is 1. The Hall–Kier alpha value is -3.11. The molecule has 0 saturated heterocycles. The lowest BCUT2D eigenvalue weighted by Crippen LogP contribution is -2.29. The van der Waals surface area contributed by atoms with E-state index in [0.29, 0.717) is 28.9 Å². The first kappa shape index (κ1) is 18.7. The lowest BCUT2D eigenvalue weighted by molar-refractivity contribution is 0.0682. The van der Waals surface area contributed by atoms with Crippen LogP contribution in [0, 0.1) is 11.3 Å². The van der Waals surface area contributed by atoms with Gasteiger partial charge < -0.3 is 14.8 Å². The van der Waals surface area contributed by atoms with Gasteiger partial charge >= 0.3 is 6.09 Å². The van der Waals surface area contributed by atoms with E-state index in [-0.39, 0.29) is 6.04 Å². The maximum absolute atomic E-state index is 12.0. The minimum absolute atomic E-state index is 0.259. The zero-order valence-corrected chi connectivity index (χ0v) is 15.1. The Balaban J connectivity index is 1.64. The Morgan fingerprint density at radius 1 is 1.22 bits per heavy atom. The van der Waals surface area contributed by atoms with E-state index in [1.807, 2.05) is 6.07 Å². The van der Waals surface area contributed by atoms with Gasteiger partial charge in [-0.25, -0.2) is 9.78 Å². The second kappa shape index (κ2) is 9.01. The van der Waals surface area contributed by atoms with Crippen molar-refractivity contribution in [1.82, 2.24) is 4.98 Å². The van der Waals surface area contributed by atoms with Crippen molar-refractivity contribution >= 4 is 17.6 Å². The molecule has 1 aliphatic carbocycles. The van der Waals surface area contributed by atoms with Crippen LogP contribution in [0.3, 0.4) is 0 Å². The third kappa shape index (κ3) is 5.19. The zero-order chi connectivity index (χ0) is 19.1. The molecule has 2 N–H and O–H groups in total. The van der Waals surface area contributed by atoms with Crippen LogP contribution in [0.5, 0.6) is 5.75 Å². The lowest BCUT2D eigenvalue weighted by atomic mass is 9.92. The molecule has 0 aliphatic heterocycles. The molecule has 1 saturated carbocycles. The number of carbonyl (C=O) groups excluding carboxylic acids is 1. The maximum Gasteiger partial charge on any atom is 0.418 e. The second-order valence-electron chi connectivity index (χ2n) is 6.41. The van der Waals surface area contributed by atoms with Crippen LogP contribution in [0.15, 0.2) is 42.6 Å². The van der Waals surface area contributed by atoms with E-state index in [1.54, 1.807) is 37.4 Å². The summed E-state index contributed by atoms with van der Waals surface area (Å²) in [5.74, 6) is 0.764. The van der Waals surface area contributed by atoms with Crippen molar-refractivity contribution in [3.8, 4) is 11.8 Å². The molecule has 1 heterocycles.